The molecule has 2 aromatic rings. The zero-order chi connectivity index (χ0) is 17.0. The first-order chi connectivity index (χ1) is 11.8. The Morgan fingerprint density at radius 2 is 2.12 bits per heavy atom. The summed E-state index contributed by atoms with van der Waals surface area (Å²) in [6.07, 6.45) is 13.3. The van der Waals surface area contributed by atoms with Gasteiger partial charge < -0.3 is 10.3 Å². The molecule has 0 fully saturated rings. The average molecular weight is 328 g/mol. The van der Waals surface area contributed by atoms with Gasteiger partial charge in [-0.2, -0.15) is 0 Å². The van der Waals surface area contributed by atoms with Crippen LogP contribution >= 0.6 is 0 Å². The predicted octanol–water partition coefficient (Wildman–Crippen LogP) is 3.28. The van der Waals surface area contributed by atoms with Crippen LogP contribution in [0.15, 0.2) is 30.3 Å². The monoisotopic (exact) mass is 328 g/mol. The lowest BCUT2D eigenvalue weighted by atomic mass is 10.2. The molecule has 7 heteroatoms. The van der Waals surface area contributed by atoms with Crippen LogP contribution in [0.5, 0.6) is 0 Å². The van der Waals surface area contributed by atoms with E-state index in [-0.39, 0.29) is 5.91 Å². The molecule has 2 rings (SSSR count). The van der Waals surface area contributed by atoms with E-state index in [9.17, 15) is 4.79 Å². The van der Waals surface area contributed by atoms with Crippen LogP contribution in [-0.2, 0) is 4.79 Å². The molecule has 1 amide bonds. The highest BCUT2D eigenvalue weighted by Gasteiger charge is 2.09. The van der Waals surface area contributed by atoms with Gasteiger partial charge in [0.05, 0.1) is 6.33 Å². The number of rotatable bonds is 11. The van der Waals surface area contributed by atoms with Gasteiger partial charge in [0, 0.05) is 13.0 Å². The Labute approximate surface area is 141 Å². The number of H-pyrrole nitrogens is 1. The Kier molecular flexibility index (Phi) is 7.59. The average Bonchev–Trinajstić information content (AvgIpc) is 3.06. The number of nitrogens with one attached hydrogen (secondary N) is 2. The lowest BCUT2D eigenvalue weighted by Gasteiger charge is -2.04. The van der Waals surface area contributed by atoms with Gasteiger partial charge in [0.15, 0.2) is 17.0 Å². The van der Waals surface area contributed by atoms with Crippen molar-refractivity contribution in [3.63, 3.8) is 0 Å². The number of anilines is 1. The summed E-state index contributed by atoms with van der Waals surface area (Å²) in [5, 5.41) is 2.79. The van der Waals surface area contributed by atoms with E-state index in [2.05, 4.69) is 36.8 Å². The standard InChI is InChI=1S/C17H24N6O/c1-2-3-4-7-10-18-11-8-5-6-9-14(24)23-17-15-16(20-12-19-15)21-13-22-17/h2,10,12-13H,1,3-9,11H2,(H2,19,20,21,22,23,24)/b18-10+. The highest BCUT2D eigenvalue weighted by atomic mass is 16.1. The molecule has 0 unspecified atom stereocenters. The number of fused-ring (bicyclic) bond motifs is 1. The summed E-state index contributed by atoms with van der Waals surface area (Å²) in [7, 11) is 0. The van der Waals surface area contributed by atoms with Crippen LogP contribution < -0.4 is 5.32 Å². The Morgan fingerprint density at radius 1 is 1.21 bits per heavy atom. The highest BCUT2D eigenvalue weighted by Crippen LogP contribution is 2.14. The smallest absolute Gasteiger partial charge is 0.225 e. The summed E-state index contributed by atoms with van der Waals surface area (Å²) in [5.41, 5.74) is 1.20. The van der Waals surface area contributed by atoms with Crippen molar-refractivity contribution in [2.75, 3.05) is 11.9 Å². The first-order valence-electron chi connectivity index (χ1n) is 8.34. The maximum Gasteiger partial charge on any atom is 0.225 e. The molecule has 128 valence electrons. The minimum Gasteiger partial charge on any atom is -0.329 e. The third-order valence-corrected chi connectivity index (χ3v) is 3.54. The van der Waals surface area contributed by atoms with Gasteiger partial charge in [-0.1, -0.05) is 12.5 Å². The fourth-order valence-corrected chi connectivity index (χ4v) is 2.25. The first kappa shape index (κ1) is 17.8. The van der Waals surface area contributed by atoms with Gasteiger partial charge in [-0.15, -0.1) is 6.58 Å². The summed E-state index contributed by atoms with van der Waals surface area (Å²) in [6.45, 7) is 4.52. The van der Waals surface area contributed by atoms with E-state index in [1.807, 2.05) is 12.3 Å². The van der Waals surface area contributed by atoms with E-state index >= 15 is 0 Å². The molecule has 0 saturated carbocycles. The number of amides is 1. The van der Waals surface area contributed by atoms with E-state index in [1.54, 1.807) is 0 Å². The van der Waals surface area contributed by atoms with Crippen LogP contribution in [0.4, 0.5) is 5.82 Å². The van der Waals surface area contributed by atoms with Crippen molar-refractivity contribution < 1.29 is 4.79 Å². The van der Waals surface area contributed by atoms with Crippen LogP contribution in [0, 0.1) is 0 Å². The molecule has 0 atom stereocenters. The molecule has 0 aliphatic heterocycles. The largest absolute Gasteiger partial charge is 0.329 e. The number of aliphatic imine (C=N–C) groups is 1. The lowest BCUT2D eigenvalue weighted by Crippen LogP contribution is -2.12. The van der Waals surface area contributed by atoms with E-state index in [4.69, 9.17) is 0 Å². The van der Waals surface area contributed by atoms with Crippen molar-refractivity contribution in [1.82, 2.24) is 19.9 Å². The van der Waals surface area contributed by atoms with Crippen molar-refractivity contribution in [3.8, 4) is 0 Å². The highest BCUT2D eigenvalue weighted by molar-refractivity contribution is 5.96. The number of carbonyl (C=O) groups excluding carboxylic acids is 1. The molecule has 2 aromatic heterocycles. The molecule has 0 saturated heterocycles. The fraction of sp³-hybridized carbons (Fsp3) is 0.471. The summed E-state index contributed by atoms with van der Waals surface area (Å²) in [5.74, 6) is 0.404. The number of nitrogens with zero attached hydrogens (tertiary/aromatic N) is 4. The van der Waals surface area contributed by atoms with Gasteiger partial charge in [-0.3, -0.25) is 9.79 Å². The topological polar surface area (TPSA) is 95.9 Å². The van der Waals surface area contributed by atoms with Crippen LogP contribution in [0.2, 0.25) is 0 Å². The maximum absolute atomic E-state index is 12.0. The summed E-state index contributed by atoms with van der Waals surface area (Å²) in [6, 6.07) is 0. The maximum atomic E-state index is 12.0. The van der Waals surface area contributed by atoms with Crippen LogP contribution in [-0.4, -0.2) is 38.6 Å². The molecule has 0 spiro atoms. The second-order valence-electron chi connectivity index (χ2n) is 5.49. The molecule has 0 aromatic carbocycles. The number of hydrogen-bond acceptors (Lipinski definition) is 5. The minimum atomic E-state index is -0.0501. The Hall–Kier alpha value is -2.57. The Balaban J connectivity index is 1.59. The summed E-state index contributed by atoms with van der Waals surface area (Å²) < 4.78 is 0. The number of allylic oxidation sites excluding steroid dienone is 1. The number of imidazole rings is 1. The van der Waals surface area contributed by atoms with Crippen molar-refractivity contribution >= 4 is 29.1 Å². The number of hydrogen-bond donors (Lipinski definition) is 2. The van der Waals surface area contributed by atoms with Gasteiger partial charge >= 0.3 is 0 Å². The number of aromatic amines is 1. The number of carbonyl (C=O) groups is 1. The summed E-state index contributed by atoms with van der Waals surface area (Å²) >= 11 is 0. The molecule has 0 radical (unpaired) electrons. The van der Waals surface area contributed by atoms with Crippen molar-refractivity contribution in [2.45, 2.75) is 44.9 Å². The van der Waals surface area contributed by atoms with Crippen molar-refractivity contribution in [2.24, 2.45) is 4.99 Å². The summed E-state index contributed by atoms with van der Waals surface area (Å²) in [4.78, 5) is 31.4. The Bertz CT molecular complexity index is 679. The van der Waals surface area contributed by atoms with Gasteiger partial charge in [0.25, 0.3) is 0 Å². The number of unbranched alkanes of at least 4 members (excludes halogenated alkanes) is 4. The quantitative estimate of drug-likeness (QED) is 0.376. The van der Waals surface area contributed by atoms with Crippen LogP contribution in [0.3, 0.4) is 0 Å². The third-order valence-electron chi connectivity index (χ3n) is 3.54. The predicted molar refractivity (Wildman–Crippen MR) is 96.2 cm³/mol. The normalized spacial score (nSPS) is 11.2. The Morgan fingerprint density at radius 3 is 3.00 bits per heavy atom. The van der Waals surface area contributed by atoms with E-state index in [0.717, 1.165) is 45.1 Å². The third kappa shape index (κ3) is 5.91. The molecule has 24 heavy (non-hydrogen) atoms. The zero-order valence-corrected chi connectivity index (χ0v) is 13.9. The molecule has 7 nitrogen and oxygen atoms in total. The SMILES string of the molecule is C=CCCC/C=N/CCCCCC(=O)Nc1ncnc2[nH]cnc12. The fourth-order valence-electron chi connectivity index (χ4n) is 2.25. The molecule has 2 heterocycles. The zero-order valence-electron chi connectivity index (χ0n) is 13.9. The molecule has 0 bridgehead atoms. The van der Waals surface area contributed by atoms with Gasteiger partial charge in [-0.25, -0.2) is 15.0 Å². The van der Waals surface area contributed by atoms with Gasteiger partial charge in [-0.05, 0) is 38.3 Å². The molecular formula is C17H24N6O. The van der Waals surface area contributed by atoms with Gasteiger partial charge in [0.2, 0.25) is 5.91 Å². The van der Waals surface area contributed by atoms with Gasteiger partial charge in [0.1, 0.15) is 6.33 Å². The van der Waals surface area contributed by atoms with Crippen LogP contribution in [0.25, 0.3) is 11.2 Å². The van der Waals surface area contributed by atoms with E-state index < -0.39 is 0 Å². The first-order valence-corrected chi connectivity index (χ1v) is 8.34. The minimum absolute atomic E-state index is 0.0501. The van der Waals surface area contributed by atoms with Crippen LogP contribution in [0.1, 0.15) is 44.9 Å². The van der Waals surface area contributed by atoms with E-state index in [1.165, 1.54) is 12.7 Å². The molecule has 0 aliphatic carbocycles. The molecule has 2 N–H and O–H groups in total. The lowest BCUT2D eigenvalue weighted by molar-refractivity contribution is -0.116. The second-order valence-corrected chi connectivity index (χ2v) is 5.49. The van der Waals surface area contributed by atoms with E-state index in [0.29, 0.717) is 23.4 Å². The van der Waals surface area contributed by atoms with Crippen molar-refractivity contribution in [3.05, 3.63) is 25.3 Å². The molecule has 0 aliphatic rings. The molecular weight excluding hydrogens is 304 g/mol. The second kappa shape index (κ2) is 10.3. The van der Waals surface area contributed by atoms with Crippen molar-refractivity contribution in [1.29, 1.82) is 0 Å². The number of aromatic nitrogens is 4.